The summed E-state index contributed by atoms with van der Waals surface area (Å²) in [5, 5.41) is 2.76. The van der Waals surface area contributed by atoms with Crippen molar-refractivity contribution in [2.75, 3.05) is 6.54 Å². The number of amides is 1. The van der Waals surface area contributed by atoms with E-state index >= 15 is 0 Å². The zero-order valence-corrected chi connectivity index (χ0v) is 9.50. The highest BCUT2D eigenvalue weighted by Gasteiger charge is 2.15. The summed E-state index contributed by atoms with van der Waals surface area (Å²) >= 11 is 0. The third kappa shape index (κ3) is 3.06. The lowest BCUT2D eigenvalue weighted by Crippen LogP contribution is -2.29. The minimum Gasteiger partial charge on any atom is -0.352 e. The number of carbonyl (C=O) groups excluding carboxylic acids is 1. The normalized spacial score (nSPS) is 11.2. The summed E-state index contributed by atoms with van der Waals surface area (Å²) in [6, 6.07) is 7.42. The summed E-state index contributed by atoms with van der Waals surface area (Å²) in [7, 11) is 0. The molecule has 82 valence electrons. The van der Waals surface area contributed by atoms with Gasteiger partial charge in [0.05, 0.1) is 0 Å². The Morgan fingerprint density at radius 1 is 1.47 bits per heavy atom. The van der Waals surface area contributed by atoms with E-state index in [1.165, 1.54) is 0 Å². The molecule has 15 heavy (non-hydrogen) atoms. The van der Waals surface area contributed by atoms with Gasteiger partial charge in [0.1, 0.15) is 0 Å². The highest BCUT2D eigenvalue weighted by Crippen LogP contribution is 2.17. The minimum absolute atomic E-state index is 0.0522. The quantitative estimate of drug-likeness (QED) is 0.789. The molecule has 0 aromatic heterocycles. The number of hydrogen-bond donors (Lipinski definition) is 2. The number of nitrogens with two attached hydrogens (primary N) is 1. The van der Waals surface area contributed by atoms with Crippen LogP contribution in [0.3, 0.4) is 0 Å². The highest BCUT2D eigenvalue weighted by molar-refractivity contribution is 5.94. The van der Waals surface area contributed by atoms with Crippen LogP contribution in [0.5, 0.6) is 0 Å². The lowest BCUT2D eigenvalue weighted by Gasteiger charge is -2.19. The first-order valence-corrected chi connectivity index (χ1v) is 5.12. The number of benzene rings is 1. The summed E-state index contributed by atoms with van der Waals surface area (Å²) in [5.74, 6) is -0.0522. The Bertz CT molecular complexity index is 353. The summed E-state index contributed by atoms with van der Waals surface area (Å²) in [6.07, 6.45) is 0. The predicted molar refractivity (Wildman–Crippen MR) is 61.7 cm³/mol. The molecule has 0 fully saturated rings. The molecular formula is C12H18N2O. The maximum absolute atomic E-state index is 11.6. The zero-order chi connectivity index (χ0) is 11.5. The summed E-state index contributed by atoms with van der Waals surface area (Å²) in [6.45, 7) is 6.37. The molecule has 0 unspecified atom stereocenters. The van der Waals surface area contributed by atoms with Crippen molar-refractivity contribution in [2.45, 2.75) is 26.3 Å². The molecule has 1 rings (SSSR count). The van der Waals surface area contributed by atoms with Crippen molar-refractivity contribution in [3.63, 3.8) is 0 Å². The van der Waals surface area contributed by atoms with Gasteiger partial charge in [0.25, 0.3) is 5.91 Å². The predicted octanol–water partition coefficient (Wildman–Crippen LogP) is 1.63. The third-order valence-corrected chi connectivity index (χ3v) is 2.21. The van der Waals surface area contributed by atoms with Crippen molar-refractivity contribution in [3.05, 3.63) is 35.4 Å². The standard InChI is InChI=1S/C12H18N2O/c1-4-14-11(15)9-6-5-7-10(8-9)12(2,3)13/h5-8H,4,13H2,1-3H3,(H,14,15). The number of carbonyl (C=O) groups is 1. The summed E-state index contributed by atoms with van der Waals surface area (Å²) < 4.78 is 0. The maximum Gasteiger partial charge on any atom is 0.251 e. The van der Waals surface area contributed by atoms with Crippen LogP contribution in [0.4, 0.5) is 0 Å². The summed E-state index contributed by atoms with van der Waals surface area (Å²) in [5.41, 5.74) is 7.18. The van der Waals surface area contributed by atoms with Crippen LogP contribution in [0.1, 0.15) is 36.7 Å². The fourth-order valence-electron chi connectivity index (χ4n) is 1.32. The molecule has 0 saturated heterocycles. The van der Waals surface area contributed by atoms with E-state index in [0.717, 1.165) is 5.56 Å². The van der Waals surface area contributed by atoms with Crippen LogP contribution < -0.4 is 11.1 Å². The average molecular weight is 206 g/mol. The van der Waals surface area contributed by atoms with Gasteiger partial charge < -0.3 is 11.1 Å². The fourth-order valence-corrected chi connectivity index (χ4v) is 1.32. The molecule has 0 atom stereocenters. The smallest absolute Gasteiger partial charge is 0.251 e. The van der Waals surface area contributed by atoms with Crippen molar-refractivity contribution in [1.82, 2.24) is 5.32 Å². The largest absolute Gasteiger partial charge is 0.352 e. The number of hydrogen-bond acceptors (Lipinski definition) is 2. The number of rotatable bonds is 3. The SMILES string of the molecule is CCNC(=O)c1cccc(C(C)(C)N)c1. The second-order valence-electron chi connectivity index (χ2n) is 4.16. The second-order valence-corrected chi connectivity index (χ2v) is 4.16. The van der Waals surface area contributed by atoms with Gasteiger partial charge in [-0.15, -0.1) is 0 Å². The molecular weight excluding hydrogens is 188 g/mol. The van der Waals surface area contributed by atoms with E-state index in [1.54, 1.807) is 6.07 Å². The lowest BCUT2D eigenvalue weighted by atomic mass is 9.94. The van der Waals surface area contributed by atoms with Crippen LogP contribution in [0, 0.1) is 0 Å². The van der Waals surface area contributed by atoms with Crippen LogP contribution in [-0.2, 0) is 5.54 Å². The Labute approximate surface area is 90.7 Å². The van der Waals surface area contributed by atoms with Gasteiger partial charge in [-0.2, -0.15) is 0 Å². The van der Waals surface area contributed by atoms with E-state index in [4.69, 9.17) is 5.73 Å². The van der Waals surface area contributed by atoms with Gasteiger partial charge in [-0.05, 0) is 38.5 Å². The van der Waals surface area contributed by atoms with Crippen LogP contribution in [0.2, 0.25) is 0 Å². The molecule has 0 bridgehead atoms. The molecule has 3 heteroatoms. The topological polar surface area (TPSA) is 55.1 Å². The van der Waals surface area contributed by atoms with Gasteiger partial charge in [-0.1, -0.05) is 12.1 Å². The second kappa shape index (κ2) is 4.45. The first-order chi connectivity index (χ1) is 6.95. The van der Waals surface area contributed by atoms with E-state index in [-0.39, 0.29) is 5.91 Å². The van der Waals surface area contributed by atoms with E-state index < -0.39 is 5.54 Å². The van der Waals surface area contributed by atoms with Crippen LogP contribution in [0.15, 0.2) is 24.3 Å². The Morgan fingerprint density at radius 3 is 2.67 bits per heavy atom. The zero-order valence-electron chi connectivity index (χ0n) is 9.50. The third-order valence-electron chi connectivity index (χ3n) is 2.21. The molecule has 0 heterocycles. The van der Waals surface area contributed by atoms with Gasteiger partial charge in [0, 0.05) is 17.6 Å². The van der Waals surface area contributed by atoms with E-state index in [1.807, 2.05) is 39.0 Å². The Morgan fingerprint density at radius 2 is 2.13 bits per heavy atom. The first kappa shape index (κ1) is 11.7. The van der Waals surface area contributed by atoms with Crippen molar-refractivity contribution in [2.24, 2.45) is 5.73 Å². The van der Waals surface area contributed by atoms with E-state index in [9.17, 15) is 4.79 Å². The lowest BCUT2D eigenvalue weighted by molar-refractivity contribution is 0.0955. The van der Waals surface area contributed by atoms with Crippen LogP contribution >= 0.6 is 0 Å². The van der Waals surface area contributed by atoms with Gasteiger partial charge in [0.2, 0.25) is 0 Å². The van der Waals surface area contributed by atoms with Gasteiger partial charge >= 0.3 is 0 Å². The monoisotopic (exact) mass is 206 g/mol. The van der Waals surface area contributed by atoms with E-state index in [2.05, 4.69) is 5.32 Å². The van der Waals surface area contributed by atoms with Gasteiger partial charge in [-0.3, -0.25) is 4.79 Å². The molecule has 0 spiro atoms. The molecule has 3 N–H and O–H groups in total. The average Bonchev–Trinajstić information content (AvgIpc) is 2.17. The van der Waals surface area contributed by atoms with Gasteiger partial charge in [-0.25, -0.2) is 0 Å². The fraction of sp³-hybridized carbons (Fsp3) is 0.417. The minimum atomic E-state index is -0.414. The number of nitrogens with one attached hydrogen (secondary N) is 1. The summed E-state index contributed by atoms with van der Waals surface area (Å²) in [4.78, 5) is 11.6. The highest BCUT2D eigenvalue weighted by atomic mass is 16.1. The molecule has 1 amide bonds. The Hall–Kier alpha value is -1.35. The maximum atomic E-state index is 11.6. The Kier molecular flexibility index (Phi) is 3.48. The van der Waals surface area contributed by atoms with Crippen molar-refractivity contribution >= 4 is 5.91 Å². The van der Waals surface area contributed by atoms with Crippen molar-refractivity contribution < 1.29 is 4.79 Å². The van der Waals surface area contributed by atoms with E-state index in [0.29, 0.717) is 12.1 Å². The molecule has 0 radical (unpaired) electrons. The van der Waals surface area contributed by atoms with Crippen LogP contribution in [0.25, 0.3) is 0 Å². The van der Waals surface area contributed by atoms with Gasteiger partial charge in [0.15, 0.2) is 0 Å². The Balaban J connectivity index is 2.98. The van der Waals surface area contributed by atoms with Crippen LogP contribution in [-0.4, -0.2) is 12.5 Å². The molecule has 0 aliphatic carbocycles. The molecule has 0 aliphatic rings. The molecule has 1 aromatic rings. The molecule has 0 aliphatic heterocycles. The first-order valence-electron chi connectivity index (χ1n) is 5.12. The molecule has 3 nitrogen and oxygen atoms in total. The van der Waals surface area contributed by atoms with Crippen molar-refractivity contribution in [3.8, 4) is 0 Å². The van der Waals surface area contributed by atoms with Crippen molar-refractivity contribution in [1.29, 1.82) is 0 Å². The molecule has 1 aromatic carbocycles. The molecule has 0 saturated carbocycles.